The number of likely N-dealkylation sites (N-methyl/N-ethyl adjacent to an activating group) is 1. The summed E-state index contributed by atoms with van der Waals surface area (Å²) in [6, 6.07) is 10.0. The number of aromatic nitrogens is 1. The van der Waals surface area contributed by atoms with Crippen LogP contribution < -0.4 is 9.80 Å². The molecule has 3 heterocycles. The van der Waals surface area contributed by atoms with Crippen molar-refractivity contribution >= 4 is 17.4 Å². The number of carbonyl (C=O) groups is 1. The number of hydrogen-bond acceptors (Lipinski definition) is 5. The Hall–Kier alpha value is -2.51. The smallest absolute Gasteiger partial charge is 0.256 e. The Labute approximate surface area is 170 Å². The molecule has 2 aromatic rings. The minimum Gasteiger partial charge on any atom is -0.368 e. The number of piperazine rings is 1. The quantitative estimate of drug-likeness (QED) is 0.775. The zero-order chi connectivity index (χ0) is 20.2. The number of halogens is 1. The number of amides is 1. The molecule has 154 valence electrons. The molecule has 2 aliphatic rings. The Morgan fingerprint density at radius 2 is 1.93 bits per heavy atom. The first-order chi connectivity index (χ1) is 14.1. The van der Waals surface area contributed by atoms with E-state index < -0.39 is 6.10 Å². The molecule has 0 saturated carbocycles. The number of nitrogens with zero attached hydrogens (tertiary/aromatic N) is 4. The molecular weight excluding hydrogens is 371 g/mol. The summed E-state index contributed by atoms with van der Waals surface area (Å²) in [5.41, 5.74) is 1.59. The molecule has 1 aromatic carbocycles. The second kappa shape index (κ2) is 8.88. The molecule has 1 atom stereocenters. The van der Waals surface area contributed by atoms with E-state index in [-0.39, 0.29) is 11.7 Å². The van der Waals surface area contributed by atoms with Crippen molar-refractivity contribution in [2.24, 2.45) is 0 Å². The van der Waals surface area contributed by atoms with Gasteiger partial charge in [0.05, 0.1) is 6.54 Å². The normalized spacial score (nSPS) is 20.1. The van der Waals surface area contributed by atoms with Gasteiger partial charge in [0, 0.05) is 44.7 Å². The zero-order valence-electron chi connectivity index (χ0n) is 16.8. The number of pyridine rings is 1. The van der Waals surface area contributed by atoms with Crippen LogP contribution in [0.4, 0.5) is 15.9 Å². The van der Waals surface area contributed by atoms with Crippen molar-refractivity contribution < 1.29 is 13.9 Å². The van der Waals surface area contributed by atoms with E-state index in [1.165, 1.54) is 12.1 Å². The molecule has 2 fully saturated rings. The summed E-state index contributed by atoms with van der Waals surface area (Å²) in [7, 11) is 2.13. The van der Waals surface area contributed by atoms with Gasteiger partial charge in [-0.1, -0.05) is 6.07 Å². The molecule has 0 N–H and O–H groups in total. The van der Waals surface area contributed by atoms with Crippen LogP contribution in [0, 0.1) is 5.82 Å². The molecule has 4 rings (SSSR count). The van der Waals surface area contributed by atoms with Gasteiger partial charge in [0.2, 0.25) is 0 Å². The van der Waals surface area contributed by atoms with Gasteiger partial charge in [-0.15, -0.1) is 0 Å². The fraction of sp³-hybridized carbons (Fsp3) is 0.455. The standard InChI is InChI=1S/C22H27FN4O2/c1-25-10-12-26(13-11-25)21-9-4-17(15-24-21)16-27(19-7-5-18(23)6-8-19)22(28)20-3-2-14-29-20/h4-9,15,20H,2-3,10-14,16H2,1H3. The maximum atomic E-state index is 13.4. The van der Waals surface area contributed by atoms with E-state index in [0.717, 1.165) is 50.4 Å². The average Bonchev–Trinajstić information content (AvgIpc) is 3.28. The van der Waals surface area contributed by atoms with Crippen molar-refractivity contribution in [3.63, 3.8) is 0 Å². The topological polar surface area (TPSA) is 48.9 Å². The predicted octanol–water partition coefficient (Wildman–Crippen LogP) is 2.68. The van der Waals surface area contributed by atoms with Crippen LogP contribution in [-0.4, -0.2) is 61.7 Å². The number of hydrogen-bond donors (Lipinski definition) is 0. The highest BCUT2D eigenvalue weighted by molar-refractivity contribution is 5.96. The first-order valence-corrected chi connectivity index (χ1v) is 10.2. The van der Waals surface area contributed by atoms with Gasteiger partial charge in [0.1, 0.15) is 17.7 Å². The van der Waals surface area contributed by atoms with Crippen LogP contribution in [0.25, 0.3) is 0 Å². The monoisotopic (exact) mass is 398 g/mol. The van der Waals surface area contributed by atoms with Gasteiger partial charge < -0.3 is 19.4 Å². The molecule has 0 aliphatic carbocycles. The van der Waals surface area contributed by atoms with Gasteiger partial charge in [-0.05, 0) is 55.8 Å². The number of benzene rings is 1. The number of rotatable bonds is 5. The SMILES string of the molecule is CN1CCN(c2ccc(CN(C(=O)C3CCCO3)c3ccc(F)cc3)cn2)CC1. The Balaban J connectivity index is 1.50. The van der Waals surface area contributed by atoms with Gasteiger partial charge in [-0.2, -0.15) is 0 Å². The number of carbonyl (C=O) groups excluding carboxylic acids is 1. The van der Waals surface area contributed by atoms with Crippen LogP contribution in [-0.2, 0) is 16.1 Å². The second-order valence-electron chi connectivity index (χ2n) is 7.72. The Morgan fingerprint density at radius 3 is 2.55 bits per heavy atom. The largest absolute Gasteiger partial charge is 0.368 e. The van der Waals surface area contributed by atoms with Crippen LogP contribution in [0.15, 0.2) is 42.6 Å². The lowest BCUT2D eigenvalue weighted by Gasteiger charge is -2.33. The lowest BCUT2D eigenvalue weighted by atomic mass is 10.1. The average molecular weight is 398 g/mol. The van der Waals surface area contributed by atoms with Crippen LogP contribution in [0.2, 0.25) is 0 Å². The second-order valence-corrected chi connectivity index (χ2v) is 7.72. The Morgan fingerprint density at radius 1 is 1.17 bits per heavy atom. The van der Waals surface area contributed by atoms with Crippen molar-refractivity contribution in [2.45, 2.75) is 25.5 Å². The molecule has 1 unspecified atom stereocenters. The predicted molar refractivity (Wildman–Crippen MR) is 111 cm³/mol. The van der Waals surface area contributed by atoms with E-state index in [9.17, 15) is 9.18 Å². The van der Waals surface area contributed by atoms with Gasteiger partial charge >= 0.3 is 0 Å². The fourth-order valence-corrected chi connectivity index (χ4v) is 3.78. The molecule has 0 radical (unpaired) electrons. The third-order valence-corrected chi connectivity index (χ3v) is 5.59. The van der Waals surface area contributed by atoms with Gasteiger partial charge in [-0.3, -0.25) is 4.79 Å². The molecular formula is C22H27FN4O2. The summed E-state index contributed by atoms with van der Waals surface area (Å²) in [5.74, 6) is 0.550. The minimum atomic E-state index is -0.433. The highest BCUT2D eigenvalue weighted by Gasteiger charge is 2.29. The summed E-state index contributed by atoms with van der Waals surface area (Å²) in [6.07, 6.45) is 3.00. The first kappa shape index (κ1) is 19.8. The summed E-state index contributed by atoms with van der Waals surface area (Å²) >= 11 is 0. The molecule has 1 amide bonds. The van der Waals surface area contributed by atoms with Crippen molar-refractivity contribution in [3.8, 4) is 0 Å². The lowest BCUT2D eigenvalue weighted by Crippen LogP contribution is -2.44. The van der Waals surface area contributed by atoms with Crippen LogP contribution in [0.3, 0.4) is 0 Å². The highest BCUT2D eigenvalue weighted by atomic mass is 19.1. The number of anilines is 2. The highest BCUT2D eigenvalue weighted by Crippen LogP contribution is 2.24. The molecule has 2 saturated heterocycles. The summed E-state index contributed by atoms with van der Waals surface area (Å²) < 4.78 is 19.0. The minimum absolute atomic E-state index is 0.0859. The maximum absolute atomic E-state index is 13.4. The zero-order valence-corrected chi connectivity index (χ0v) is 16.8. The molecule has 2 aliphatic heterocycles. The summed E-state index contributed by atoms with van der Waals surface area (Å²) in [5, 5.41) is 0. The lowest BCUT2D eigenvalue weighted by molar-refractivity contribution is -0.127. The van der Waals surface area contributed by atoms with Crippen LogP contribution in [0.1, 0.15) is 18.4 Å². The number of ether oxygens (including phenoxy) is 1. The molecule has 29 heavy (non-hydrogen) atoms. The van der Waals surface area contributed by atoms with Gasteiger partial charge in [0.25, 0.3) is 5.91 Å². The van der Waals surface area contributed by atoms with Crippen LogP contribution in [0.5, 0.6) is 0 Å². The van der Waals surface area contributed by atoms with Gasteiger partial charge in [0.15, 0.2) is 0 Å². The van der Waals surface area contributed by atoms with Crippen molar-refractivity contribution in [2.75, 3.05) is 49.6 Å². The van der Waals surface area contributed by atoms with Crippen molar-refractivity contribution in [1.82, 2.24) is 9.88 Å². The van der Waals surface area contributed by atoms with E-state index >= 15 is 0 Å². The van der Waals surface area contributed by atoms with E-state index in [0.29, 0.717) is 18.8 Å². The molecule has 0 spiro atoms. The third-order valence-electron chi connectivity index (χ3n) is 5.59. The van der Waals surface area contributed by atoms with Crippen molar-refractivity contribution in [1.29, 1.82) is 0 Å². The maximum Gasteiger partial charge on any atom is 0.256 e. The fourth-order valence-electron chi connectivity index (χ4n) is 3.78. The van der Waals surface area contributed by atoms with Crippen LogP contribution >= 0.6 is 0 Å². The third kappa shape index (κ3) is 4.74. The Kier molecular flexibility index (Phi) is 6.06. The summed E-state index contributed by atoms with van der Waals surface area (Å²) in [4.78, 5) is 23.9. The molecule has 1 aromatic heterocycles. The van der Waals surface area contributed by atoms with E-state index in [2.05, 4.69) is 21.8 Å². The van der Waals surface area contributed by atoms with E-state index in [1.54, 1.807) is 17.0 Å². The first-order valence-electron chi connectivity index (χ1n) is 10.2. The van der Waals surface area contributed by atoms with Crippen molar-refractivity contribution in [3.05, 3.63) is 54.0 Å². The van der Waals surface area contributed by atoms with Gasteiger partial charge in [-0.25, -0.2) is 9.37 Å². The molecule has 7 heteroatoms. The molecule has 0 bridgehead atoms. The Bertz CT molecular complexity index is 814. The van der Waals surface area contributed by atoms with E-state index in [4.69, 9.17) is 4.74 Å². The van der Waals surface area contributed by atoms with E-state index in [1.807, 2.05) is 18.3 Å². The molecule has 6 nitrogen and oxygen atoms in total. The summed E-state index contributed by atoms with van der Waals surface area (Å²) in [6.45, 7) is 4.95.